The first-order valence-electron chi connectivity index (χ1n) is 10.2. The molecule has 158 valence electrons. The first-order chi connectivity index (χ1) is 15.6. The maximum Gasteiger partial charge on any atom is 0.264 e. The van der Waals surface area contributed by atoms with Crippen LogP contribution >= 0.6 is 11.8 Å². The first-order valence-corrected chi connectivity index (χ1v) is 11.1. The Morgan fingerprint density at radius 2 is 1.78 bits per heavy atom. The zero-order valence-corrected chi connectivity index (χ0v) is 18.2. The molecule has 32 heavy (non-hydrogen) atoms. The molecule has 5 rings (SSSR count). The maximum absolute atomic E-state index is 14.2. The molecule has 1 saturated heterocycles. The molecule has 0 unspecified atom stereocenters. The number of carbonyl (C=O) groups excluding carboxylic acids is 1. The van der Waals surface area contributed by atoms with E-state index in [0.29, 0.717) is 22.2 Å². The molecule has 4 aromatic rings. The van der Waals surface area contributed by atoms with Crippen LogP contribution in [0.4, 0.5) is 10.1 Å². The minimum Gasteiger partial charge on any atom is -0.342 e. The number of hydrogen-bond donors (Lipinski definition) is 1. The lowest BCUT2D eigenvalue weighted by atomic mass is 10.1. The third kappa shape index (κ3) is 4.09. The summed E-state index contributed by atoms with van der Waals surface area (Å²) in [6.45, 7) is 2.43. The Balaban J connectivity index is 1.48. The fourth-order valence-electron chi connectivity index (χ4n) is 3.69. The van der Waals surface area contributed by atoms with Gasteiger partial charge in [-0.3, -0.25) is 4.79 Å². The average Bonchev–Trinajstić information content (AvgIpc) is 3.31. The lowest BCUT2D eigenvalue weighted by Crippen LogP contribution is -2.19. The second-order valence-corrected chi connectivity index (χ2v) is 8.67. The molecule has 1 aromatic heterocycles. The number of hydrogen-bond acceptors (Lipinski definition) is 3. The number of carbonyl (C=O) groups is 1. The molecule has 0 aliphatic carbocycles. The fourth-order valence-corrected chi connectivity index (χ4v) is 4.52. The van der Waals surface area contributed by atoms with Crippen LogP contribution in [0.1, 0.15) is 16.7 Å². The van der Waals surface area contributed by atoms with Gasteiger partial charge in [-0.1, -0.05) is 54.1 Å². The van der Waals surface area contributed by atoms with Crippen molar-refractivity contribution in [3.63, 3.8) is 0 Å². The Morgan fingerprint density at radius 1 is 1.03 bits per heavy atom. The molecule has 1 aliphatic heterocycles. The van der Waals surface area contributed by atoms with Crippen LogP contribution in [0.3, 0.4) is 0 Å². The van der Waals surface area contributed by atoms with Gasteiger partial charge in [-0.2, -0.15) is 0 Å². The van der Waals surface area contributed by atoms with E-state index in [1.807, 2.05) is 78.4 Å². The van der Waals surface area contributed by atoms with Crippen LogP contribution in [0.5, 0.6) is 0 Å². The molecule has 6 heteroatoms. The van der Waals surface area contributed by atoms with Crippen LogP contribution in [0.2, 0.25) is 0 Å². The number of benzene rings is 3. The van der Waals surface area contributed by atoms with Crippen LogP contribution in [-0.4, -0.2) is 15.6 Å². The SMILES string of the molecule is Cc1ccc(N=C2NC(=O)/C(=C\c3cn(Cc4ccccc4F)c4ccccc34)S2)cc1. The Bertz CT molecular complexity index is 1390. The van der Waals surface area contributed by atoms with Crippen molar-refractivity contribution in [1.29, 1.82) is 0 Å². The molecule has 4 nitrogen and oxygen atoms in total. The van der Waals surface area contributed by atoms with Gasteiger partial charge in [0.2, 0.25) is 0 Å². The number of aliphatic imine (C=N–C) groups is 1. The molecule has 1 N–H and O–H groups in total. The summed E-state index contributed by atoms with van der Waals surface area (Å²) in [5, 5.41) is 4.40. The number of rotatable bonds is 4. The summed E-state index contributed by atoms with van der Waals surface area (Å²) < 4.78 is 16.2. The van der Waals surface area contributed by atoms with Gasteiger partial charge in [0.15, 0.2) is 5.17 Å². The van der Waals surface area contributed by atoms with E-state index in [4.69, 9.17) is 0 Å². The van der Waals surface area contributed by atoms with Crippen molar-refractivity contribution >= 4 is 45.5 Å². The molecule has 0 bridgehead atoms. The summed E-state index contributed by atoms with van der Waals surface area (Å²) >= 11 is 1.32. The van der Waals surface area contributed by atoms with Crippen molar-refractivity contribution in [3.8, 4) is 0 Å². The van der Waals surface area contributed by atoms with E-state index in [1.165, 1.54) is 17.8 Å². The topological polar surface area (TPSA) is 46.4 Å². The molecule has 0 saturated carbocycles. The standard InChI is InChI=1S/C26H20FN3OS/c1-17-10-12-20(13-11-17)28-26-29-25(31)24(32-26)14-19-16-30(23-9-5-3-7-21(19)23)15-18-6-2-4-8-22(18)27/h2-14,16H,15H2,1H3,(H,28,29,31)/b24-14+. The number of halogens is 1. The number of para-hydroxylation sites is 1. The molecule has 0 spiro atoms. The summed E-state index contributed by atoms with van der Waals surface area (Å²) in [6, 6.07) is 22.5. The van der Waals surface area contributed by atoms with E-state index in [1.54, 1.807) is 12.1 Å². The number of fused-ring (bicyclic) bond motifs is 1. The molecule has 0 radical (unpaired) electrons. The third-order valence-electron chi connectivity index (χ3n) is 5.32. The normalized spacial score (nSPS) is 16.2. The number of nitrogens with zero attached hydrogens (tertiary/aromatic N) is 2. The van der Waals surface area contributed by atoms with Crippen LogP contribution in [0.25, 0.3) is 17.0 Å². The van der Waals surface area contributed by atoms with Gasteiger partial charge < -0.3 is 9.88 Å². The fraction of sp³-hybridized carbons (Fsp3) is 0.0769. The number of nitrogens with one attached hydrogen (secondary N) is 1. The molecule has 0 atom stereocenters. The third-order valence-corrected chi connectivity index (χ3v) is 6.23. The van der Waals surface area contributed by atoms with E-state index in [9.17, 15) is 9.18 Å². The number of aromatic nitrogens is 1. The monoisotopic (exact) mass is 441 g/mol. The van der Waals surface area contributed by atoms with Crippen molar-refractivity contribution in [2.45, 2.75) is 13.5 Å². The second kappa shape index (κ2) is 8.48. The number of aryl methyl sites for hydroxylation is 1. The predicted molar refractivity (Wildman–Crippen MR) is 129 cm³/mol. The number of amidine groups is 1. The van der Waals surface area contributed by atoms with Crippen LogP contribution in [0, 0.1) is 12.7 Å². The first kappa shape index (κ1) is 20.3. The predicted octanol–water partition coefficient (Wildman–Crippen LogP) is 6.03. The van der Waals surface area contributed by atoms with Crippen molar-refractivity contribution in [2.75, 3.05) is 0 Å². The molecule has 1 fully saturated rings. The highest BCUT2D eigenvalue weighted by Gasteiger charge is 2.24. The van der Waals surface area contributed by atoms with E-state index in [2.05, 4.69) is 10.3 Å². The molecular formula is C26H20FN3OS. The molecule has 1 aliphatic rings. The van der Waals surface area contributed by atoms with Gasteiger partial charge in [-0.25, -0.2) is 9.38 Å². The molecule has 2 heterocycles. The number of thioether (sulfide) groups is 1. The summed E-state index contributed by atoms with van der Waals surface area (Å²) in [7, 11) is 0. The van der Waals surface area contributed by atoms with E-state index in [-0.39, 0.29) is 11.7 Å². The minimum atomic E-state index is -0.229. The van der Waals surface area contributed by atoms with Gasteiger partial charge in [0.25, 0.3) is 5.91 Å². The average molecular weight is 442 g/mol. The minimum absolute atomic E-state index is 0.174. The van der Waals surface area contributed by atoms with Crippen molar-refractivity contribution in [1.82, 2.24) is 9.88 Å². The lowest BCUT2D eigenvalue weighted by molar-refractivity contribution is -0.115. The highest BCUT2D eigenvalue weighted by atomic mass is 32.2. The Kier molecular flexibility index (Phi) is 5.37. The highest BCUT2D eigenvalue weighted by Crippen LogP contribution is 2.31. The van der Waals surface area contributed by atoms with Crippen molar-refractivity contribution < 1.29 is 9.18 Å². The second-order valence-electron chi connectivity index (χ2n) is 7.64. The van der Waals surface area contributed by atoms with Gasteiger partial charge in [-0.15, -0.1) is 0 Å². The van der Waals surface area contributed by atoms with Crippen LogP contribution in [-0.2, 0) is 11.3 Å². The van der Waals surface area contributed by atoms with Crippen molar-refractivity contribution in [3.05, 3.63) is 106 Å². The van der Waals surface area contributed by atoms with E-state index in [0.717, 1.165) is 27.7 Å². The smallest absolute Gasteiger partial charge is 0.264 e. The van der Waals surface area contributed by atoms with Crippen molar-refractivity contribution in [2.24, 2.45) is 4.99 Å². The zero-order chi connectivity index (χ0) is 22.1. The van der Waals surface area contributed by atoms with Gasteiger partial charge in [0.1, 0.15) is 5.82 Å². The summed E-state index contributed by atoms with van der Waals surface area (Å²) in [4.78, 5) is 17.7. The van der Waals surface area contributed by atoms with E-state index < -0.39 is 0 Å². The van der Waals surface area contributed by atoms with Gasteiger partial charge in [-0.05, 0) is 49.0 Å². The van der Waals surface area contributed by atoms with Crippen LogP contribution in [0.15, 0.2) is 88.9 Å². The Labute approximate surface area is 189 Å². The zero-order valence-electron chi connectivity index (χ0n) is 17.4. The number of amides is 1. The van der Waals surface area contributed by atoms with Crippen LogP contribution < -0.4 is 5.32 Å². The quantitative estimate of drug-likeness (QED) is 0.393. The molecule has 3 aromatic carbocycles. The Hall–Kier alpha value is -3.64. The molecule has 1 amide bonds. The summed E-state index contributed by atoms with van der Waals surface area (Å²) in [6.07, 6.45) is 3.84. The summed E-state index contributed by atoms with van der Waals surface area (Å²) in [5.41, 5.74) is 4.46. The van der Waals surface area contributed by atoms with Gasteiger partial charge in [0, 0.05) is 28.2 Å². The van der Waals surface area contributed by atoms with Gasteiger partial charge in [0.05, 0.1) is 17.1 Å². The molecular weight excluding hydrogens is 421 g/mol. The Morgan fingerprint density at radius 3 is 2.59 bits per heavy atom. The largest absolute Gasteiger partial charge is 0.342 e. The van der Waals surface area contributed by atoms with E-state index >= 15 is 0 Å². The lowest BCUT2D eigenvalue weighted by Gasteiger charge is -2.06. The summed E-state index contributed by atoms with van der Waals surface area (Å²) in [5.74, 6) is -0.403. The highest BCUT2D eigenvalue weighted by molar-refractivity contribution is 8.18. The van der Waals surface area contributed by atoms with Gasteiger partial charge >= 0.3 is 0 Å². The maximum atomic E-state index is 14.2.